The highest BCUT2D eigenvalue weighted by Crippen LogP contribution is 2.35. The quantitative estimate of drug-likeness (QED) is 0.837. The lowest BCUT2D eigenvalue weighted by Gasteiger charge is -2.16. The SMILES string of the molecule is COc1cc(F)c(C)c(Nc2ncc(Cl)cc2Br)c1C. The number of ether oxygens (including phenoxy) is 1. The molecule has 0 saturated heterocycles. The third kappa shape index (κ3) is 2.88. The normalized spacial score (nSPS) is 10.5. The highest BCUT2D eigenvalue weighted by Gasteiger charge is 2.15. The summed E-state index contributed by atoms with van der Waals surface area (Å²) < 4.78 is 19.8. The Morgan fingerprint density at radius 3 is 2.60 bits per heavy atom. The molecular formula is C14H13BrClFN2O. The van der Waals surface area contributed by atoms with Crippen LogP contribution in [0.4, 0.5) is 15.9 Å². The summed E-state index contributed by atoms with van der Waals surface area (Å²) in [6.45, 7) is 3.56. The van der Waals surface area contributed by atoms with Crippen molar-refractivity contribution in [2.75, 3.05) is 12.4 Å². The van der Waals surface area contributed by atoms with Crippen LogP contribution in [0.25, 0.3) is 0 Å². The van der Waals surface area contributed by atoms with Crippen LogP contribution in [0.1, 0.15) is 11.1 Å². The Balaban J connectivity index is 2.50. The predicted octanol–water partition coefficient (Wildman–Crippen LogP) is 5.01. The van der Waals surface area contributed by atoms with Crippen molar-refractivity contribution in [2.45, 2.75) is 13.8 Å². The average molecular weight is 360 g/mol. The summed E-state index contributed by atoms with van der Waals surface area (Å²) in [5.41, 5.74) is 1.96. The van der Waals surface area contributed by atoms with Crippen molar-refractivity contribution in [3.8, 4) is 5.75 Å². The van der Waals surface area contributed by atoms with Crippen LogP contribution in [-0.4, -0.2) is 12.1 Å². The first-order valence-corrected chi connectivity index (χ1v) is 7.03. The molecule has 106 valence electrons. The van der Waals surface area contributed by atoms with Crippen molar-refractivity contribution in [3.63, 3.8) is 0 Å². The number of anilines is 2. The fraction of sp³-hybridized carbons (Fsp3) is 0.214. The van der Waals surface area contributed by atoms with E-state index in [9.17, 15) is 4.39 Å². The van der Waals surface area contributed by atoms with E-state index in [-0.39, 0.29) is 5.82 Å². The first-order chi connectivity index (χ1) is 9.43. The van der Waals surface area contributed by atoms with E-state index in [4.69, 9.17) is 16.3 Å². The molecular weight excluding hydrogens is 347 g/mol. The lowest BCUT2D eigenvalue weighted by atomic mass is 10.1. The molecule has 1 aromatic carbocycles. The lowest BCUT2D eigenvalue weighted by Crippen LogP contribution is -2.03. The Morgan fingerprint density at radius 1 is 1.30 bits per heavy atom. The zero-order valence-corrected chi connectivity index (χ0v) is 13.6. The van der Waals surface area contributed by atoms with Gasteiger partial charge in [0.15, 0.2) is 0 Å². The molecule has 0 spiro atoms. The second-order valence-corrected chi connectivity index (χ2v) is 5.59. The Kier molecular flexibility index (Phi) is 4.50. The largest absolute Gasteiger partial charge is 0.496 e. The average Bonchev–Trinajstić information content (AvgIpc) is 2.41. The molecule has 0 aliphatic carbocycles. The van der Waals surface area contributed by atoms with Gasteiger partial charge in [-0.05, 0) is 35.8 Å². The number of aromatic nitrogens is 1. The minimum atomic E-state index is -0.333. The Bertz CT molecular complexity index is 664. The van der Waals surface area contributed by atoms with E-state index in [0.29, 0.717) is 32.3 Å². The fourth-order valence-corrected chi connectivity index (χ4v) is 2.62. The van der Waals surface area contributed by atoms with Crippen molar-refractivity contribution in [1.29, 1.82) is 0 Å². The number of hydrogen-bond donors (Lipinski definition) is 1. The van der Waals surface area contributed by atoms with E-state index in [1.165, 1.54) is 19.4 Å². The third-order valence-electron chi connectivity index (χ3n) is 3.01. The summed E-state index contributed by atoms with van der Waals surface area (Å²) in [6.07, 6.45) is 1.52. The van der Waals surface area contributed by atoms with Crippen LogP contribution in [0, 0.1) is 19.7 Å². The second-order valence-electron chi connectivity index (χ2n) is 4.29. The summed E-state index contributed by atoms with van der Waals surface area (Å²) in [4.78, 5) is 4.19. The molecule has 0 bridgehead atoms. The maximum atomic E-state index is 13.9. The van der Waals surface area contributed by atoms with Gasteiger partial charge in [-0.3, -0.25) is 0 Å². The van der Waals surface area contributed by atoms with E-state index >= 15 is 0 Å². The number of pyridine rings is 1. The number of hydrogen-bond acceptors (Lipinski definition) is 3. The standard InChI is InChI=1S/C14H13BrClFN2O/c1-7-11(17)5-12(20-3)8(2)13(7)19-14-10(15)4-9(16)6-18-14/h4-6H,1-3H3,(H,18,19). The van der Waals surface area contributed by atoms with E-state index in [2.05, 4.69) is 26.2 Å². The van der Waals surface area contributed by atoms with Crippen LogP contribution in [-0.2, 0) is 0 Å². The van der Waals surface area contributed by atoms with Crippen LogP contribution >= 0.6 is 27.5 Å². The van der Waals surface area contributed by atoms with Crippen LogP contribution in [0.5, 0.6) is 5.75 Å². The number of halogens is 3. The molecule has 3 nitrogen and oxygen atoms in total. The number of methoxy groups -OCH3 is 1. The highest BCUT2D eigenvalue weighted by atomic mass is 79.9. The van der Waals surface area contributed by atoms with Gasteiger partial charge in [0.1, 0.15) is 17.4 Å². The summed E-state index contributed by atoms with van der Waals surface area (Å²) in [5.74, 6) is 0.717. The van der Waals surface area contributed by atoms with Crippen molar-refractivity contribution in [2.24, 2.45) is 0 Å². The number of benzene rings is 1. The van der Waals surface area contributed by atoms with E-state index < -0.39 is 0 Å². The highest BCUT2D eigenvalue weighted by molar-refractivity contribution is 9.10. The van der Waals surface area contributed by atoms with Gasteiger partial charge in [-0.1, -0.05) is 11.6 Å². The second kappa shape index (κ2) is 5.97. The molecule has 2 aromatic rings. The van der Waals surface area contributed by atoms with E-state index in [1.54, 1.807) is 13.0 Å². The molecule has 0 aliphatic rings. The molecule has 20 heavy (non-hydrogen) atoms. The Morgan fingerprint density at radius 2 is 2.00 bits per heavy atom. The number of nitrogens with zero attached hydrogens (tertiary/aromatic N) is 1. The molecule has 0 amide bonds. The van der Waals surface area contributed by atoms with Gasteiger partial charge in [0.05, 0.1) is 22.3 Å². The van der Waals surface area contributed by atoms with Crippen molar-refractivity contribution < 1.29 is 9.13 Å². The maximum absolute atomic E-state index is 13.9. The van der Waals surface area contributed by atoms with Crippen molar-refractivity contribution in [1.82, 2.24) is 4.98 Å². The molecule has 0 unspecified atom stereocenters. The summed E-state index contributed by atoms with van der Waals surface area (Å²) in [7, 11) is 1.51. The first-order valence-electron chi connectivity index (χ1n) is 5.85. The summed E-state index contributed by atoms with van der Waals surface area (Å²) in [5, 5.41) is 3.64. The zero-order valence-electron chi connectivity index (χ0n) is 11.2. The van der Waals surface area contributed by atoms with Gasteiger partial charge in [-0.25, -0.2) is 9.37 Å². The van der Waals surface area contributed by atoms with Crippen LogP contribution in [0.2, 0.25) is 5.02 Å². The molecule has 6 heteroatoms. The van der Waals surface area contributed by atoms with Gasteiger partial charge >= 0.3 is 0 Å². The van der Waals surface area contributed by atoms with Gasteiger partial charge in [0, 0.05) is 23.4 Å². The number of nitrogens with one attached hydrogen (secondary N) is 1. The van der Waals surface area contributed by atoms with Crippen molar-refractivity contribution >= 4 is 39.0 Å². The van der Waals surface area contributed by atoms with Gasteiger partial charge in [0.25, 0.3) is 0 Å². The minimum absolute atomic E-state index is 0.333. The van der Waals surface area contributed by atoms with Gasteiger partial charge < -0.3 is 10.1 Å². The molecule has 0 aliphatic heterocycles. The molecule has 0 atom stereocenters. The molecule has 1 N–H and O–H groups in total. The van der Waals surface area contributed by atoms with Crippen molar-refractivity contribution in [3.05, 3.63) is 44.8 Å². The molecule has 0 fully saturated rings. The molecule has 0 radical (unpaired) electrons. The number of rotatable bonds is 3. The Hall–Kier alpha value is -1.33. The molecule has 2 rings (SSSR count). The van der Waals surface area contributed by atoms with Gasteiger partial charge in [-0.15, -0.1) is 0 Å². The summed E-state index contributed by atoms with van der Waals surface area (Å²) in [6, 6.07) is 3.10. The smallest absolute Gasteiger partial charge is 0.144 e. The summed E-state index contributed by atoms with van der Waals surface area (Å²) >= 11 is 9.23. The topological polar surface area (TPSA) is 34.1 Å². The predicted molar refractivity (Wildman–Crippen MR) is 82.7 cm³/mol. The molecule has 1 aromatic heterocycles. The van der Waals surface area contributed by atoms with Gasteiger partial charge in [0.2, 0.25) is 0 Å². The zero-order chi connectivity index (χ0) is 14.9. The van der Waals surface area contributed by atoms with Crippen LogP contribution < -0.4 is 10.1 Å². The lowest BCUT2D eigenvalue weighted by molar-refractivity contribution is 0.408. The third-order valence-corrected chi connectivity index (χ3v) is 3.82. The fourth-order valence-electron chi connectivity index (χ4n) is 1.88. The maximum Gasteiger partial charge on any atom is 0.144 e. The van der Waals surface area contributed by atoms with E-state index in [0.717, 1.165) is 5.56 Å². The molecule has 1 heterocycles. The van der Waals surface area contributed by atoms with Crippen LogP contribution in [0.15, 0.2) is 22.8 Å². The van der Waals surface area contributed by atoms with Crippen LogP contribution in [0.3, 0.4) is 0 Å². The minimum Gasteiger partial charge on any atom is -0.496 e. The molecule has 0 saturated carbocycles. The first kappa shape index (κ1) is 15.1. The monoisotopic (exact) mass is 358 g/mol. The van der Waals surface area contributed by atoms with E-state index in [1.807, 2.05) is 6.92 Å². The Labute approximate surface area is 130 Å². The van der Waals surface area contributed by atoms with Gasteiger partial charge in [-0.2, -0.15) is 0 Å².